The zero-order chi connectivity index (χ0) is 24.6. The van der Waals surface area contributed by atoms with Gasteiger partial charge in [-0.25, -0.2) is 17.9 Å². The SMILES string of the molecule is Cc1c(-c2[nH]c3sc([C@@H]4C[C@@H]5C[C@H]4CN5CCS(C)(=O)=O)cc3c2C(C)C)cn2ncnc2c1C. The van der Waals surface area contributed by atoms with Crippen LogP contribution in [-0.4, -0.2) is 64.0 Å². The number of rotatable bonds is 6. The highest BCUT2D eigenvalue weighted by Crippen LogP contribution is 2.51. The van der Waals surface area contributed by atoms with Crippen molar-refractivity contribution in [2.24, 2.45) is 5.92 Å². The fourth-order valence-corrected chi connectivity index (χ4v) is 8.27. The molecule has 1 aliphatic carbocycles. The van der Waals surface area contributed by atoms with Gasteiger partial charge in [-0.1, -0.05) is 13.8 Å². The highest BCUT2D eigenvalue weighted by Gasteiger charge is 2.45. The molecule has 2 aliphatic rings. The van der Waals surface area contributed by atoms with E-state index in [1.54, 1.807) is 6.33 Å². The number of likely N-dealkylation sites (tertiary alicyclic amines) is 1. The summed E-state index contributed by atoms with van der Waals surface area (Å²) >= 11 is 1.91. The maximum atomic E-state index is 11.6. The molecule has 1 saturated carbocycles. The molecule has 5 heterocycles. The first kappa shape index (κ1) is 23.2. The number of aryl methyl sites for hydroxylation is 1. The third kappa shape index (κ3) is 3.83. The molecule has 1 aliphatic heterocycles. The lowest BCUT2D eigenvalue weighted by Crippen LogP contribution is -2.37. The Morgan fingerprint density at radius 3 is 2.71 bits per heavy atom. The number of aromatic nitrogens is 4. The van der Waals surface area contributed by atoms with Crippen LogP contribution < -0.4 is 0 Å². The summed E-state index contributed by atoms with van der Waals surface area (Å²) in [6, 6.07) is 2.96. The quantitative estimate of drug-likeness (QED) is 0.398. The van der Waals surface area contributed by atoms with E-state index in [4.69, 9.17) is 0 Å². The van der Waals surface area contributed by atoms with Gasteiger partial charge >= 0.3 is 0 Å². The van der Waals surface area contributed by atoms with E-state index in [1.807, 2.05) is 15.9 Å². The lowest BCUT2D eigenvalue weighted by Gasteiger charge is -2.30. The van der Waals surface area contributed by atoms with Gasteiger partial charge in [0.25, 0.3) is 0 Å². The molecule has 186 valence electrons. The minimum atomic E-state index is -2.91. The Bertz CT molecular complexity index is 1540. The Morgan fingerprint density at radius 1 is 1.23 bits per heavy atom. The van der Waals surface area contributed by atoms with Crippen LogP contribution in [0.4, 0.5) is 0 Å². The van der Waals surface area contributed by atoms with Gasteiger partial charge < -0.3 is 4.98 Å². The lowest BCUT2D eigenvalue weighted by molar-refractivity contribution is 0.211. The van der Waals surface area contributed by atoms with E-state index in [2.05, 4.69) is 59.9 Å². The molecule has 9 heteroatoms. The lowest BCUT2D eigenvalue weighted by atomic mass is 9.91. The smallest absolute Gasteiger partial charge is 0.158 e. The Hall–Kier alpha value is -2.23. The Labute approximate surface area is 210 Å². The number of hydrogen-bond acceptors (Lipinski definition) is 6. The van der Waals surface area contributed by atoms with Crippen molar-refractivity contribution in [2.45, 2.75) is 58.4 Å². The number of nitrogens with one attached hydrogen (secondary N) is 1. The van der Waals surface area contributed by atoms with Gasteiger partial charge in [-0.15, -0.1) is 11.3 Å². The van der Waals surface area contributed by atoms with Gasteiger partial charge in [0.15, 0.2) is 5.65 Å². The van der Waals surface area contributed by atoms with Crippen molar-refractivity contribution >= 4 is 37.0 Å². The van der Waals surface area contributed by atoms with Gasteiger partial charge in [0.05, 0.1) is 11.4 Å². The zero-order valence-corrected chi connectivity index (χ0v) is 22.6. The zero-order valence-electron chi connectivity index (χ0n) is 21.0. The van der Waals surface area contributed by atoms with Gasteiger partial charge in [0.2, 0.25) is 0 Å². The molecule has 4 aromatic heterocycles. The average molecular weight is 512 g/mol. The van der Waals surface area contributed by atoms with E-state index in [0.717, 1.165) is 24.2 Å². The molecule has 6 rings (SSSR count). The van der Waals surface area contributed by atoms with E-state index in [0.29, 0.717) is 30.3 Å². The third-order valence-electron chi connectivity index (χ3n) is 8.29. The van der Waals surface area contributed by atoms with E-state index in [-0.39, 0.29) is 5.75 Å². The van der Waals surface area contributed by atoms with Crippen LogP contribution in [0.25, 0.3) is 27.1 Å². The standard InChI is InChI=1S/C26H33N5O2S2/c1-14(2)23-20-10-22(19-9-18-8-17(19)11-30(18)6-7-35(5,32)33)34-26(20)29-24(23)21-12-31-25(27-13-28-31)16(4)15(21)3/h10,12-14,17-19,29H,6-9,11H2,1-5H3/t17-,18-,19+/m0/s1. The summed E-state index contributed by atoms with van der Waals surface area (Å²) in [4.78, 5) is 13.4. The Kier molecular flexibility index (Phi) is 5.40. The van der Waals surface area contributed by atoms with Crippen LogP contribution >= 0.6 is 11.3 Å². The van der Waals surface area contributed by atoms with E-state index in [1.165, 1.54) is 50.2 Å². The van der Waals surface area contributed by atoms with Crippen LogP contribution in [-0.2, 0) is 9.84 Å². The van der Waals surface area contributed by atoms with Crippen molar-refractivity contribution in [2.75, 3.05) is 25.1 Å². The molecule has 4 aromatic rings. The van der Waals surface area contributed by atoms with Crippen LogP contribution in [0.5, 0.6) is 0 Å². The van der Waals surface area contributed by atoms with Crippen LogP contribution in [0.1, 0.15) is 60.1 Å². The molecule has 1 saturated heterocycles. The first-order valence-corrected chi connectivity index (χ1v) is 15.4. The second-order valence-corrected chi connectivity index (χ2v) is 14.2. The monoisotopic (exact) mass is 511 g/mol. The number of pyridine rings is 1. The predicted octanol–water partition coefficient (Wildman–Crippen LogP) is 4.90. The first-order chi connectivity index (χ1) is 16.6. The van der Waals surface area contributed by atoms with Crippen molar-refractivity contribution in [1.29, 1.82) is 0 Å². The van der Waals surface area contributed by atoms with E-state index >= 15 is 0 Å². The largest absolute Gasteiger partial charge is 0.346 e. The van der Waals surface area contributed by atoms with Crippen molar-refractivity contribution < 1.29 is 8.42 Å². The van der Waals surface area contributed by atoms with Crippen LogP contribution in [0, 0.1) is 19.8 Å². The molecule has 0 amide bonds. The number of piperidine rings is 1. The Morgan fingerprint density at radius 2 is 2.03 bits per heavy atom. The number of H-pyrrole nitrogens is 1. The highest BCUT2D eigenvalue weighted by atomic mass is 32.2. The third-order valence-corrected chi connectivity index (χ3v) is 10.4. The first-order valence-electron chi connectivity index (χ1n) is 12.5. The number of hydrogen-bond donors (Lipinski definition) is 1. The fourth-order valence-electron chi connectivity index (χ4n) is 6.42. The molecule has 2 fully saturated rings. The van der Waals surface area contributed by atoms with Crippen molar-refractivity contribution in [1.82, 2.24) is 24.5 Å². The van der Waals surface area contributed by atoms with Crippen LogP contribution in [0.2, 0.25) is 0 Å². The number of sulfone groups is 1. The molecular formula is C26H33N5O2S2. The highest BCUT2D eigenvalue weighted by molar-refractivity contribution is 7.90. The molecule has 3 atom stereocenters. The fraction of sp³-hybridized carbons (Fsp3) is 0.538. The summed E-state index contributed by atoms with van der Waals surface area (Å²) in [7, 11) is -2.91. The minimum Gasteiger partial charge on any atom is -0.346 e. The molecule has 2 bridgehead atoms. The second-order valence-electron chi connectivity index (χ2n) is 10.9. The number of thiophene rings is 1. The van der Waals surface area contributed by atoms with Gasteiger partial charge in [0, 0.05) is 47.4 Å². The number of nitrogens with zero attached hydrogens (tertiary/aromatic N) is 4. The molecule has 0 unspecified atom stereocenters. The van der Waals surface area contributed by atoms with E-state index < -0.39 is 9.84 Å². The van der Waals surface area contributed by atoms with E-state index in [9.17, 15) is 8.42 Å². The van der Waals surface area contributed by atoms with Crippen LogP contribution in [0.3, 0.4) is 0 Å². The summed E-state index contributed by atoms with van der Waals surface area (Å²) in [6.07, 6.45) is 7.40. The van der Waals surface area contributed by atoms with Crippen molar-refractivity contribution in [3.05, 3.63) is 40.2 Å². The van der Waals surface area contributed by atoms with Gasteiger partial charge in [-0.05, 0) is 67.2 Å². The summed E-state index contributed by atoms with van der Waals surface area (Å²) in [5.74, 6) is 1.87. The molecule has 0 radical (unpaired) electrons. The Balaban J connectivity index is 1.33. The maximum absolute atomic E-state index is 11.6. The summed E-state index contributed by atoms with van der Waals surface area (Å²) in [6.45, 7) is 10.5. The predicted molar refractivity (Wildman–Crippen MR) is 142 cm³/mol. The topological polar surface area (TPSA) is 83.4 Å². The maximum Gasteiger partial charge on any atom is 0.158 e. The normalized spacial score (nSPS) is 23.0. The molecule has 0 aromatic carbocycles. The molecule has 0 spiro atoms. The van der Waals surface area contributed by atoms with Crippen LogP contribution in [0.15, 0.2) is 18.6 Å². The summed E-state index contributed by atoms with van der Waals surface area (Å²) in [5, 5.41) is 5.75. The van der Waals surface area contributed by atoms with Crippen molar-refractivity contribution in [3.63, 3.8) is 0 Å². The minimum absolute atomic E-state index is 0.267. The molecular weight excluding hydrogens is 478 g/mol. The second kappa shape index (κ2) is 8.15. The van der Waals surface area contributed by atoms with Gasteiger partial charge in [0.1, 0.15) is 21.0 Å². The van der Waals surface area contributed by atoms with Gasteiger partial charge in [-0.2, -0.15) is 5.10 Å². The average Bonchev–Trinajstić information content (AvgIpc) is 3.58. The van der Waals surface area contributed by atoms with Crippen molar-refractivity contribution in [3.8, 4) is 11.3 Å². The van der Waals surface area contributed by atoms with Gasteiger partial charge in [-0.3, -0.25) is 4.90 Å². The summed E-state index contributed by atoms with van der Waals surface area (Å²) in [5.41, 5.74) is 7.08. The molecule has 35 heavy (non-hydrogen) atoms. The molecule has 1 N–H and O–H groups in total. The number of aromatic amines is 1. The number of fused-ring (bicyclic) bond motifs is 4. The summed E-state index contributed by atoms with van der Waals surface area (Å²) < 4.78 is 25.1. The molecule has 7 nitrogen and oxygen atoms in total.